The first-order valence-corrected chi connectivity index (χ1v) is 7.27. The lowest BCUT2D eigenvalue weighted by Crippen LogP contribution is -2.34. The number of nitrogens with two attached hydrogens (primary N) is 1. The highest BCUT2D eigenvalue weighted by molar-refractivity contribution is 5.79. The zero-order valence-corrected chi connectivity index (χ0v) is 12.5. The van der Waals surface area contributed by atoms with Crippen LogP contribution in [0.1, 0.15) is 25.5 Å². The quantitative estimate of drug-likeness (QED) is 0.885. The van der Waals surface area contributed by atoms with Crippen LogP contribution < -0.4 is 11.1 Å². The molecule has 0 aromatic heterocycles. The van der Waals surface area contributed by atoms with Crippen LogP contribution in [-0.4, -0.2) is 12.5 Å². The lowest BCUT2D eigenvalue weighted by atomic mass is 10.0. The highest BCUT2D eigenvalue weighted by Gasteiger charge is 2.14. The zero-order chi connectivity index (χ0) is 15.2. The molecular weight excluding hydrogens is 260 g/mol. The molecule has 0 aliphatic rings. The molecule has 0 fully saturated rings. The van der Waals surface area contributed by atoms with Crippen molar-refractivity contribution in [3.8, 4) is 11.1 Å². The van der Waals surface area contributed by atoms with Gasteiger partial charge in [0.05, 0.1) is 6.04 Å². The van der Waals surface area contributed by atoms with E-state index in [0.29, 0.717) is 6.54 Å². The van der Waals surface area contributed by atoms with Gasteiger partial charge in [0.2, 0.25) is 5.91 Å². The summed E-state index contributed by atoms with van der Waals surface area (Å²) in [7, 11) is 0. The summed E-state index contributed by atoms with van der Waals surface area (Å²) in [4.78, 5) is 11.9. The fourth-order valence-corrected chi connectivity index (χ4v) is 2.14. The number of amides is 1. The van der Waals surface area contributed by atoms with Gasteiger partial charge in [0.1, 0.15) is 0 Å². The molecule has 2 atom stereocenters. The molecule has 2 aromatic rings. The van der Waals surface area contributed by atoms with Crippen LogP contribution in [-0.2, 0) is 4.79 Å². The maximum absolute atomic E-state index is 11.9. The third-order valence-corrected chi connectivity index (χ3v) is 3.68. The Labute approximate surface area is 126 Å². The van der Waals surface area contributed by atoms with Crippen molar-refractivity contribution in [2.24, 2.45) is 11.7 Å². The summed E-state index contributed by atoms with van der Waals surface area (Å²) in [5, 5.41) is 2.99. The van der Waals surface area contributed by atoms with Gasteiger partial charge in [-0.25, -0.2) is 0 Å². The molecule has 1 amide bonds. The number of carbonyl (C=O) groups excluding carboxylic acids is 1. The number of rotatable bonds is 5. The molecule has 2 rings (SSSR count). The maximum Gasteiger partial charge on any atom is 0.224 e. The van der Waals surface area contributed by atoms with E-state index in [9.17, 15) is 4.79 Å². The van der Waals surface area contributed by atoms with E-state index in [0.717, 1.165) is 5.56 Å². The van der Waals surface area contributed by atoms with Crippen LogP contribution in [0.5, 0.6) is 0 Å². The molecule has 110 valence electrons. The standard InChI is InChI=1S/C18H22N2O/c1-13(12-19)18(21)20-14(2)15-8-10-17(11-9-15)16-6-4-3-5-7-16/h3-11,13-14H,12,19H2,1-2H3,(H,20,21). The summed E-state index contributed by atoms with van der Waals surface area (Å²) in [6, 6.07) is 18.5. The van der Waals surface area contributed by atoms with Crippen LogP contribution in [0.3, 0.4) is 0 Å². The van der Waals surface area contributed by atoms with E-state index in [2.05, 4.69) is 41.7 Å². The van der Waals surface area contributed by atoms with Crippen molar-refractivity contribution in [1.29, 1.82) is 0 Å². The smallest absolute Gasteiger partial charge is 0.224 e. The predicted octanol–water partition coefficient (Wildman–Crippen LogP) is 3.13. The van der Waals surface area contributed by atoms with Gasteiger partial charge >= 0.3 is 0 Å². The molecule has 0 saturated heterocycles. The van der Waals surface area contributed by atoms with Crippen LogP contribution in [0.25, 0.3) is 11.1 Å². The molecule has 0 saturated carbocycles. The van der Waals surface area contributed by atoms with E-state index in [4.69, 9.17) is 5.73 Å². The van der Waals surface area contributed by atoms with Crippen molar-refractivity contribution in [2.75, 3.05) is 6.54 Å². The zero-order valence-electron chi connectivity index (χ0n) is 12.5. The van der Waals surface area contributed by atoms with Crippen LogP contribution in [0.15, 0.2) is 54.6 Å². The Bertz CT molecular complexity index is 578. The Morgan fingerprint density at radius 1 is 1.00 bits per heavy atom. The van der Waals surface area contributed by atoms with Gasteiger partial charge < -0.3 is 11.1 Å². The topological polar surface area (TPSA) is 55.1 Å². The molecular formula is C18H22N2O. The Kier molecular flexibility index (Phi) is 5.12. The van der Waals surface area contributed by atoms with Gasteiger partial charge in [-0.2, -0.15) is 0 Å². The maximum atomic E-state index is 11.9. The first kappa shape index (κ1) is 15.3. The molecule has 0 spiro atoms. The average molecular weight is 282 g/mol. The summed E-state index contributed by atoms with van der Waals surface area (Å²) in [6.45, 7) is 4.19. The van der Waals surface area contributed by atoms with Crippen molar-refractivity contribution in [3.63, 3.8) is 0 Å². The summed E-state index contributed by atoms with van der Waals surface area (Å²) >= 11 is 0. The van der Waals surface area contributed by atoms with Crippen molar-refractivity contribution in [3.05, 3.63) is 60.2 Å². The van der Waals surface area contributed by atoms with Crippen LogP contribution in [0.4, 0.5) is 0 Å². The third kappa shape index (κ3) is 3.92. The third-order valence-electron chi connectivity index (χ3n) is 3.68. The van der Waals surface area contributed by atoms with Crippen LogP contribution in [0, 0.1) is 5.92 Å². The van der Waals surface area contributed by atoms with E-state index in [1.54, 1.807) is 0 Å². The highest BCUT2D eigenvalue weighted by atomic mass is 16.1. The van der Waals surface area contributed by atoms with Gasteiger partial charge in [0, 0.05) is 12.5 Å². The number of carbonyl (C=O) groups is 1. The summed E-state index contributed by atoms with van der Waals surface area (Å²) < 4.78 is 0. The van der Waals surface area contributed by atoms with Crippen LogP contribution >= 0.6 is 0 Å². The van der Waals surface area contributed by atoms with Gasteiger partial charge in [-0.05, 0) is 23.6 Å². The average Bonchev–Trinajstić information content (AvgIpc) is 2.55. The van der Waals surface area contributed by atoms with E-state index < -0.39 is 0 Å². The molecule has 2 unspecified atom stereocenters. The second-order valence-corrected chi connectivity index (χ2v) is 5.36. The molecule has 0 aliphatic heterocycles. The highest BCUT2D eigenvalue weighted by Crippen LogP contribution is 2.21. The second kappa shape index (κ2) is 7.04. The molecule has 0 aliphatic carbocycles. The van der Waals surface area contributed by atoms with E-state index in [1.807, 2.05) is 32.0 Å². The molecule has 0 bridgehead atoms. The van der Waals surface area contributed by atoms with Crippen LogP contribution in [0.2, 0.25) is 0 Å². The molecule has 0 radical (unpaired) electrons. The normalized spacial score (nSPS) is 13.5. The van der Waals surface area contributed by atoms with Gasteiger partial charge in [-0.1, -0.05) is 61.5 Å². The molecule has 21 heavy (non-hydrogen) atoms. The fraction of sp³-hybridized carbons (Fsp3) is 0.278. The number of hydrogen-bond acceptors (Lipinski definition) is 2. The number of benzene rings is 2. The van der Waals surface area contributed by atoms with Crippen molar-refractivity contribution < 1.29 is 4.79 Å². The minimum atomic E-state index is -0.156. The van der Waals surface area contributed by atoms with Gasteiger partial charge in [0.25, 0.3) is 0 Å². The minimum absolute atomic E-state index is 0.00265. The molecule has 2 aromatic carbocycles. The Morgan fingerprint density at radius 2 is 1.57 bits per heavy atom. The van der Waals surface area contributed by atoms with Gasteiger partial charge in [-0.15, -0.1) is 0 Å². The Balaban J connectivity index is 2.07. The first-order valence-electron chi connectivity index (χ1n) is 7.27. The number of nitrogens with one attached hydrogen (secondary N) is 1. The Hall–Kier alpha value is -2.13. The van der Waals surface area contributed by atoms with E-state index >= 15 is 0 Å². The van der Waals surface area contributed by atoms with Crippen molar-refractivity contribution in [1.82, 2.24) is 5.32 Å². The summed E-state index contributed by atoms with van der Waals surface area (Å²) in [6.07, 6.45) is 0. The largest absolute Gasteiger partial charge is 0.349 e. The monoisotopic (exact) mass is 282 g/mol. The minimum Gasteiger partial charge on any atom is -0.349 e. The van der Waals surface area contributed by atoms with Gasteiger partial charge in [0.15, 0.2) is 0 Å². The second-order valence-electron chi connectivity index (χ2n) is 5.36. The first-order chi connectivity index (χ1) is 10.1. The summed E-state index contributed by atoms with van der Waals surface area (Å²) in [5.41, 5.74) is 8.97. The molecule has 3 nitrogen and oxygen atoms in total. The fourth-order valence-electron chi connectivity index (χ4n) is 2.14. The van der Waals surface area contributed by atoms with E-state index in [-0.39, 0.29) is 17.9 Å². The molecule has 3 heteroatoms. The lowest BCUT2D eigenvalue weighted by molar-refractivity contribution is -0.124. The predicted molar refractivity (Wildman–Crippen MR) is 86.7 cm³/mol. The van der Waals surface area contributed by atoms with Crippen molar-refractivity contribution >= 4 is 5.91 Å². The molecule has 0 heterocycles. The SMILES string of the molecule is CC(CN)C(=O)NC(C)c1ccc(-c2ccccc2)cc1. The number of hydrogen-bond donors (Lipinski definition) is 2. The van der Waals surface area contributed by atoms with E-state index in [1.165, 1.54) is 11.1 Å². The summed E-state index contributed by atoms with van der Waals surface area (Å²) in [5.74, 6) is -0.159. The lowest BCUT2D eigenvalue weighted by Gasteiger charge is -2.17. The molecule has 3 N–H and O–H groups in total. The Morgan fingerprint density at radius 3 is 2.14 bits per heavy atom. The van der Waals surface area contributed by atoms with Crippen molar-refractivity contribution in [2.45, 2.75) is 19.9 Å². The van der Waals surface area contributed by atoms with Gasteiger partial charge in [-0.3, -0.25) is 4.79 Å².